The van der Waals surface area contributed by atoms with Crippen molar-refractivity contribution in [2.45, 2.75) is 38.2 Å². The number of hydrogen-bond acceptors (Lipinski definition) is 6. The molecule has 0 radical (unpaired) electrons. The van der Waals surface area contributed by atoms with Crippen molar-refractivity contribution in [3.8, 4) is 11.5 Å². The number of amidine groups is 1. The molecule has 5 aromatic rings. The van der Waals surface area contributed by atoms with Crippen LogP contribution in [0.1, 0.15) is 63.6 Å². The summed E-state index contributed by atoms with van der Waals surface area (Å²) >= 11 is 3.63. The molecule has 0 aliphatic carbocycles. The molecule has 3 heterocycles. The van der Waals surface area contributed by atoms with Crippen LogP contribution in [0.4, 0.5) is 11.4 Å². The van der Waals surface area contributed by atoms with Gasteiger partial charge in [0.1, 0.15) is 6.61 Å². The molecule has 1 saturated heterocycles. The SMILES string of the molecule is COc1cc(/C=C2\SC(=Nc3cc4c5c(c3)[C@H](c3ccccc3)CCN5CC[C@H]4c3ccccc3)NC2=O)cc(I)c1OCc1ccc(C)cc1. The summed E-state index contributed by atoms with van der Waals surface area (Å²) in [7, 11) is 1.64. The van der Waals surface area contributed by atoms with E-state index in [1.54, 1.807) is 7.11 Å². The monoisotopic (exact) mass is 803 g/mol. The zero-order valence-electron chi connectivity index (χ0n) is 28.6. The van der Waals surface area contributed by atoms with Crippen LogP contribution in [0.15, 0.2) is 119 Å². The molecule has 0 spiro atoms. The van der Waals surface area contributed by atoms with Gasteiger partial charge in [0.05, 0.1) is 21.3 Å². The summed E-state index contributed by atoms with van der Waals surface area (Å²) in [5.74, 6) is 1.71. The number of benzene rings is 5. The lowest BCUT2D eigenvalue weighted by atomic mass is 9.76. The molecule has 5 aromatic carbocycles. The van der Waals surface area contributed by atoms with Crippen molar-refractivity contribution in [1.29, 1.82) is 0 Å². The van der Waals surface area contributed by atoms with Gasteiger partial charge in [-0.1, -0.05) is 90.5 Å². The quantitative estimate of drug-likeness (QED) is 0.125. The maximum absolute atomic E-state index is 13.3. The number of carbonyl (C=O) groups is 1. The second-order valence-corrected chi connectivity index (χ2v) is 15.4. The van der Waals surface area contributed by atoms with Gasteiger partial charge in [0.25, 0.3) is 5.91 Å². The fourth-order valence-electron chi connectivity index (χ4n) is 7.46. The van der Waals surface area contributed by atoms with E-state index in [1.165, 1.54) is 45.3 Å². The van der Waals surface area contributed by atoms with Crippen LogP contribution in [-0.4, -0.2) is 31.3 Å². The van der Waals surface area contributed by atoms with Crippen LogP contribution in [0, 0.1) is 10.5 Å². The molecule has 1 N–H and O–H groups in total. The second-order valence-electron chi connectivity index (χ2n) is 13.3. The normalized spacial score (nSPS) is 19.6. The van der Waals surface area contributed by atoms with Crippen molar-refractivity contribution >= 4 is 62.9 Å². The standard InChI is InChI=1S/C43H38IN3O3S/c1-27-13-15-28(16-14-27)26-50-41-37(44)21-29(22-38(41)49-2)23-39-42(48)46-43(51-39)45-32-24-35-33(30-9-5-3-6-10-30)17-19-47-20-18-34(36(25-32)40(35)47)31-11-7-4-8-12-31/h3-16,21-25,33-34H,17-20,26H2,1-2H3,(H,45,46,48)/b39-23-/t33-,34-/m0/s1. The van der Waals surface area contributed by atoms with Gasteiger partial charge < -0.3 is 19.7 Å². The number of aliphatic imine (C=N–C) groups is 1. The maximum atomic E-state index is 13.3. The molecule has 51 heavy (non-hydrogen) atoms. The molecule has 1 fully saturated rings. The number of ether oxygens (including phenoxy) is 2. The minimum atomic E-state index is -0.165. The molecular formula is C43H38IN3O3S. The Morgan fingerprint density at radius 2 is 1.51 bits per heavy atom. The number of thioether (sulfide) groups is 1. The molecule has 6 nitrogen and oxygen atoms in total. The molecule has 8 heteroatoms. The van der Waals surface area contributed by atoms with E-state index in [4.69, 9.17) is 14.5 Å². The molecule has 3 aliphatic heterocycles. The van der Waals surface area contributed by atoms with Gasteiger partial charge in [0, 0.05) is 30.6 Å². The highest BCUT2D eigenvalue weighted by Crippen LogP contribution is 2.50. The Labute approximate surface area is 317 Å². The van der Waals surface area contributed by atoms with Gasteiger partial charge in [0.2, 0.25) is 0 Å². The van der Waals surface area contributed by atoms with Crippen molar-refractivity contribution in [2.24, 2.45) is 4.99 Å². The summed E-state index contributed by atoms with van der Waals surface area (Å²) in [5, 5.41) is 3.61. The summed E-state index contributed by atoms with van der Waals surface area (Å²) in [6, 6.07) is 38.4. The van der Waals surface area contributed by atoms with E-state index in [0.29, 0.717) is 28.2 Å². The molecule has 8 rings (SSSR count). The summed E-state index contributed by atoms with van der Waals surface area (Å²) in [4.78, 5) is 21.5. The summed E-state index contributed by atoms with van der Waals surface area (Å²) in [6.45, 7) is 4.59. The number of anilines is 1. The van der Waals surface area contributed by atoms with E-state index < -0.39 is 0 Å². The number of methoxy groups -OCH3 is 1. The third-order valence-corrected chi connectivity index (χ3v) is 11.6. The number of halogens is 1. The predicted octanol–water partition coefficient (Wildman–Crippen LogP) is 9.96. The minimum absolute atomic E-state index is 0.165. The van der Waals surface area contributed by atoms with Gasteiger partial charge in [-0.2, -0.15) is 0 Å². The van der Waals surface area contributed by atoms with E-state index in [1.807, 2.05) is 18.2 Å². The van der Waals surface area contributed by atoms with Crippen LogP contribution in [0.2, 0.25) is 0 Å². The van der Waals surface area contributed by atoms with Gasteiger partial charge in [-0.05, 0) is 118 Å². The molecule has 0 bridgehead atoms. The minimum Gasteiger partial charge on any atom is -0.493 e. The molecule has 3 aliphatic rings. The Balaban J connectivity index is 1.11. The molecule has 0 unspecified atom stereocenters. The third kappa shape index (κ3) is 7.04. The largest absolute Gasteiger partial charge is 0.493 e. The Morgan fingerprint density at radius 3 is 2.12 bits per heavy atom. The lowest BCUT2D eigenvalue weighted by Crippen LogP contribution is -2.37. The number of nitrogens with zero attached hydrogens (tertiary/aromatic N) is 2. The summed E-state index contributed by atoms with van der Waals surface area (Å²) < 4.78 is 12.8. The van der Waals surface area contributed by atoms with Crippen LogP contribution in [0.3, 0.4) is 0 Å². The smallest absolute Gasteiger partial charge is 0.264 e. The zero-order valence-corrected chi connectivity index (χ0v) is 31.5. The summed E-state index contributed by atoms with van der Waals surface area (Å²) in [5.41, 5.74) is 10.7. The Kier molecular flexibility index (Phi) is 9.62. The molecule has 0 saturated carbocycles. The van der Waals surface area contributed by atoms with Gasteiger partial charge in [0.15, 0.2) is 16.7 Å². The highest BCUT2D eigenvalue weighted by Gasteiger charge is 2.35. The van der Waals surface area contributed by atoms with Crippen molar-refractivity contribution < 1.29 is 14.3 Å². The highest BCUT2D eigenvalue weighted by atomic mass is 127. The lowest BCUT2D eigenvalue weighted by molar-refractivity contribution is -0.115. The van der Waals surface area contributed by atoms with E-state index in [9.17, 15) is 4.79 Å². The van der Waals surface area contributed by atoms with E-state index >= 15 is 0 Å². The van der Waals surface area contributed by atoms with E-state index in [-0.39, 0.29) is 17.7 Å². The Morgan fingerprint density at radius 1 is 0.882 bits per heavy atom. The first kappa shape index (κ1) is 33.6. The van der Waals surface area contributed by atoms with E-state index in [0.717, 1.165) is 46.3 Å². The predicted molar refractivity (Wildman–Crippen MR) is 216 cm³/mol. The van der Waals surface area contributed by atoms with Gasteiger partial charge >= 0.3 is 0 Å². The highest BCUT2D eigenvalue weighted by molar-refractivity contribution is 14.1. The van der Waals surface area contributed by atoms with Crippen molar-refractivity contribution in [3.63, 3.8) is 0 Å². The van der Waals surface area contributed by atoms with Gasteiger partial charge in [-0.25, -0.2) is 4.99 Å². The molecular weight excluding hydrogens is 765 g/mol. The van der Waals surface area contributed by atoms with Crippen molar-refractivity contribution in [2.75, 3.05) is 25.1 Å². The zero-order chi connectivity index (χ0) is 34.9. The van der Waals surface area contributed by atoms with Crippen molar-refractivity contribution in [3.05, 3.63) is 157 Å². The fourth-order valence-corrected chi connectivity index (χ4v) is 9.08. The number of nitrogens with one attached hydrogen (secondary N) is 1. The Hall–Kier alpha value is -4.54. The topological polar surface area (TPSA) is 63.2 Å². The van der Waals surface area contributed by atoms with Crippen LogP contribution < -0.4 is 19.7 Å². The second kappa shape index (κ2) is 14.6. The lowest BCUT2D eigenvalue weighted by Gasteiger charge is -2.43. The third-order valence-electron chi connectivity index (χ3n) is 9.93. The molecule has 1 amide bonds. The average Bonchev–Trinajstić information content (AvgIpc) is 3.49. The van der Waals surface area contributed by atoms with Crippen LogP contribution in [-0.2, 0) is 11.4 Å². The van der Waals surface area contributed by atoms with Crippen LogP contribution >= 0.6 is 34.4 Å². The summed E-state index contributed by atoms with van der Waals surface area (Å²) in [6.07, 6.45) is 4.01. The molecule has 2 atom stereocenters. The van der Waals surface area contributed by atoms with Crippen molar-refractivity contribution in [1.82, 2.24) is 5.32 Å². The first-order chi connectivity index (χ1) is 24.9. The number of rotatable bonds is 8. The van der Waals surface area contributed by atoms with Crippen LogP contribution in [0.5, 0.6) is 11.5 Å². The number of amides is 1. The first-order valence-electron chi connectivity index (χ1n) is 17.3. The maximum Gasteiger partial charge on any atom is 0.264 e. The van der Waals surface area contributed by atoms with Gasteiger partial charge in [-0.3, -0.25) is 4.79 Å². The van der Waals surface area contributed by atoms with Crippen LogP contribution in [0.25, 0.3) is 6.08 Å². The van der Waals surface area contributed by atoms with Gasteiger partial charge in [-0.15, -0.1) is 0 Å². The fraction of sp³-hybridized carbons (Fsp3) is 0.209. The number of carbonyl (C=O) groups excluding carboxylic acids is 1. The van der Waals surface area contributed by atoms with E-state index in [2.05, 4.69) is 137 Å². The number of aryl methyl sites for hydroxylation is 1. The number of hydrogen-bond donors (Lipinski definition) is 1. The molecule has 0 aromatic heterocycles. The molecule has 256 valence electrons. The average molecular weight is 804 g/mol. The Bertz CT molecular complexity index is 2080. The first-order valence-corrected chi connectivity index (χ1v) is 19.2.